The van der Waals surface area contributed by atoms with E-state index in [4.69, 9.17) is 14.2 Å². The van der Waals surface area contributed by atoms with Crippen LogP contribution in [-0.2, 0) is 9.53 Å². The number of hydrogen-bond donors (Lipinski definition) is 0. The maximum Gasteiger partial charge on any atom is 0.266 e. The summed E-state index contributed by atoms with van der Waals surface area (Å²) >= 11 is 1.29. The van der Waals surface area contributed by atoms with Crippen molar-refractivity contribution in [3.05, 3.63) is 48.3 Å². The van der Waals surface area contributed by atoms with Crippen molar-refractivity contribution in [2.75, 3.05) is 31.3 Å². The first-order valence-electron chi connectivity index (χ1n) is 9.96. The second-order valence-corrected chi connectivity index (χ2v) is 7.92. The molecular weight excluding hydrogens is 407 g/mol. The van der Waals surface area contributed by atoms with E-state index in [1.165, 1.54) is 17.4 Å². The molecule has 4 rings (SSSR count). The topological polar surface area (TPSA) is 60.9 Å². The predicted octanol–water partition coefficient (Wildman–Crippen LogP) is 4.43. The number of amides is 1. The lowest BCUT2D eigenvalue weighted by Crippen LogP contribution is -2.40. The molecule has 1 amide bonds. The number of ether oxygens (including phenoxy) is 3. The third-order valence-corrected chi connectivity index (χ3v) is 5.84. The minimum absolute atomic E-state index is 0.0590. The van der Waals surface area contributed by atoms with Crippen LogP contribution in [0.25, 0.3) is 10.2 Å². The minimum Gasteiger partial charge on any atom is -0.494 e. The molecule has 2 aromatic carbocycles. The van der Waals surface area contributed by atoms with E-state index in [0.29, 0.717) is 35.3 Å². The summed E-state index contributed by atoms with van der Waals surface area (Å²) in [4.78, 5) is 19.0. The summed E-state index contributed by atoms with van der Waals surface area (Å²) in [5.41, 5.74) is 0.273. The Morgan fingerprint density at radius 1 is 1.23 bits per heavy atom. The van der Waals surface area contributed by atoms with Crippen LogP contribution in [0.1, 0.15) is 19.8 Å². The Kier molecular flexibility index (Phi) is 6.44. The molecule has 1 aromatic heterocycles. The molecule has 2 heterocycles. The fraction of sp³-hybridized carbons (Fsp3) is 0.364. The molecule has 0 radical (unpaired) electrons. The van der Waals surface area contributed by atoms with Crippen LogP contribution >= 0.6 is 11.3 Å². The van der Waals surface area contributed by atoms with Gasteiger partial charge in [-0.15, -0.1) is 0 Å². The van der Waals surface area contributed by atoms with Gasteiger partial charge in [-0.3, -0.25) is 9.69 Å². The molecule has 1 aliphatic rings. The summed E-state index contributed by atoms with van der Waals surface area (Å²) in [5, 5.41) is 0.450. The highest BCUT2D eigenvalue weighted by molar-refractivity contribution is 7.22. The van der Waals surface area contributed by atoms with Gasteiger partial charge < -0.3 is 14.2 Å². The monoisotopic (exact) mass is 430 g/mol. The molecule has 8 heteroatoms. The maximum atomic E-state index is 14.1. The van der Waals surface area contributed by atoms with Gasteiger partial charge in [0.05, 0.1) is 24.0 Å². The Morgan fingerprint density at radius 2 is 2.00 bits per heavy atom. The van der Waals surface area contributed by atoms with Crippen molar-refractivity contribution in [2.45, 2.75) is 25.9 Å². The van der Waals surface area contributed by atoms with Gasteiger partial charge in [0, 0.05) is 6.61 Å². The van der Waals surface area contributed by atoms with E-state index in [-0.39, 0.29) is 24.1 Å². The molecule has 0 N–H and O–H groups in total. The van der Waals surface area contributed by atoms with Crippen molar-refractivity contribution in [1.29, 1.82) is 0 Å². The average Bonchev–Trinajstić information content (AvgIpc) is 3.42. The van der Waals surface area contributed by atoms with E-state index >= 15 is 0 Å². The van der Waals surface area contributed by atoms with Crippen LogP contribution in [0.4, 0.5) is 9.52 Å². The summed E-state index contributed by atoms with van der Waals surface area (Å²) in [6.07, 6.45) is 1.78. The molecule has 1 atom stereocenters. The second-order valence-electron chi connectivity index (χ2n) is 6.92. The lowest BCUT2D eigenvalue weighted by Gasteiger charge is -2.23. The first-order chi connectivity index (χ1) is 14.6. The summed E-state index contributed by atoms with van der Waals surface area (Å²) in [7, 11) is 0. The number of benzene rings is 2. The molecule has 0 spiro atoms. The summed E-state index contributed by atoms with van der Waals surface area (Å²) in [6, 6.07) is 11.9. The fourth-order valence-electron chi connectivity index (χ4n) is 3.32. The van der Waals surface area contributed by atoms with Gasteiger partial charge in [-0.1, -0.05) is 17.4 Å². The summed E-state index contributed by atoms with van der Waals surface area (Å²) in [6.45, 7) is 3.40. The average molecular weight is 431 g/mol. The van der Waals surface area contributed by atoms with E-state index in [2.05, 4.69) is 4.98 Å². The molecule has 1 fully saturated rings. The number of fused-ring (bicyclic) bond motifs is 1. The fourth-order valence-corrected chi connectivity index (χ4v) is 4.33. The van der Waals surface area contributed by atoms with E-state index in [1.807, 2.05) is 6.92 Å². The molecule has 158 valence electrons. The van der Waals surface area contributed by atoms with Crippen molar-refractivity contribution in [1.82, 2.24) is 4.98 Å². The van der Waals surface area contributed by atoms with Crippen molar-refractivity contribution in [2.24, 2.45) is 0 Å². The highest BCUT2D eigenvalue weighted by atomic mass is 32.1. The van der Waals surface area contributed by atoms with Gasteiger partial charge in [0.25, 0.3) is 5.91 Å². The summed E-state index contributed by atoms with van der Waals surface area (Å²) in [5.74, 6) is 0.663. The second kappa shape index (κ2) is 9.40. The van der Waals surface area contributed by atoms with Crippen LogP contribution < -0.4 is 14.4 Å². The number of aromatic nitrogens is 1. The van der Waals surface area contributed by atoms with Crippen molar-refractivity contribution in [3.63, 3.8) is 0 Å². The first-order valence-corrected chi connectivity index (χ1v) is 10.8. The number of halogens is 1. The Labute approximate surface area is 178 Å². The molecule has 0 bridgehead atoms. The van der Waals surface area contributed by atoms with Crippen LogP contribution in [0, 0.1) is 5.82 Å². The number of para-hydroxylation sites is 1. The van der Waals surface area contributed by atoms with E-state index in [0.717, 1.165) is 18.6 Å². The number of rotatable bonds is 8. The van der Waals surface area contributed by atoms with E-state index in [1.54, 1.807) is 41.3 Å². The number of thiazole rings is 1. The number of carbonyl (C=O) groups excluding carboxylic acids is 1. The zero-order chi connectivity index (χ0) is 20.9. The molecule has 1 unspecified atom stereocenters. The van der Waals surface area contributed by atoms with Crippen LogP contribution in [0.15, 0.2) is 42.5 Å². The SMILES string of the molecule is CCOc1ccc(OCC(=O)N(CC2CCCO2)c2nc3c(F)cccc3s2)cc1. The Balaban J connectivity index is 1.50. The van der Waals surface area contributed by atoms with Crippen molar-refractivity contribution in [3.8, 4) is 11.5 Å². The Hall–Kier alpha value is -2.71. The molecule has 3 aromatic rings. The van der Waals surface area contributed by atoms with Crippen molar-refractivity contribution < 1.29 is 23.4 Å². The standard InChI is InChI=1S/C22H23FN2O4S/c1-2-27-15-8-10-16(11-9-15)29-14-20(26)25(13-17-5-4-12-28-17)22-24-21-18(23)6-3-7-19(21)30-22/h3,6-11,17H,2,4-5,12-14H2,1H3. The molecule has 0 saturated carbocycles. The van der Waals surface area contributed by atoms with Crippen LogP contribution in [0.3, 0.4) is 0 Å². The zero-order valence-electron chi connectivity index (χ0n) is 16.7. The first kappa shape index (κ1) is 20.6. The van der Waals surface area contributed by atoms with Crippen molar-refractivity contribution >= 4 is 32.6 Å². The largest absolute Gasteiger partial charge is 0.494 e. The van der Waals surface area contributed by atoms with Gasteiger partial charge >= 0.3 is 0 Å². The Morgan fingerprint density at radius 3 is 2.67 bits per heavy atom. The Bertz CT molecular complexity index is 1000. The normalized spacial score (nSPS) is 16.0. The molecule has 6 nitrogen and oxygen atoms in total. The lowest BCUT2D eigenvalue weighted by atomic mass is 10.2. The highest BCUT2D eigenvalue weighted by Crippen LogP contribution is 2.31. The third-order valence-electron chi connectivity index (χ3n) is 4.80. The predicted molar refractivity (Wildman–Crippen MR) is 114 cm³/mol. The molecule has 0 aliphatic carbocycles. The van der Waals surface area contributed by atoms with Gasteiger partial charge in [-0.25, -0.2) is 9.37 Å². The van der Waals surface area contributed by atoms with Crippen LogP contribution in [-0.4, -0.2) is 43.4 Å². The number of anilines is 1. The van der Waals surface area contributed by atoms with E-state index in [9.17, 15) is 9.18 Å². The highest BCUT2D eigenvalue weighted by Gasteiger charge is 2.27. The summed E-state index contributed by atoms with van der Waals surface area (Å²) < 4.78 is 31.6. The number of carbonyl (C=O) groups is 1. The van der Waals surface area contributed by atoms with Crippen LogP contribution in [0.2, 0.25) is 0 Å². The number of hydrogen-bond acceptors (Lipinski definition) is 6. The van der Waals surface area contributed by atoms with Gasteiger partial charge in [-0.2, -0.15) is 0 Å². The van der Waals surface area contributed by atoms with Gasteiger partial charge in [0.1, 0.15) is 22.8 Å². The smallest absolute Gasteiger partial charge is 0.266 e. The van der Waals surface area contributed by atoms with Gasteiger partial charge in [-0.05, 0) is 56.2 Å². The minimum atomic E-state index is -0.398. The van der Waals surface area contributed by atoms with Crippen LogP contribution in [0.5, 0.6) is 11.5 Å². The zero-order valence-corrected chi connectivity index (χ0v) is 17.5. The molecule has 1 saturated heterocycles. The molecule has 30 heavy (non-hydrogen) atoms. The van der Waals surface area contributed by atoms with Gasteiger partial charge in [0.15, 0.2) is 11.7 Å². The number of nitrogens with zero attached hydrogens (tertiary/aromatic N) is 2. The van der Waals surface area contributed by atoms with E-state index < -0.39 is 5.82 Å². The quantitative estimate of drug-likeness (QED) is 0.529. The van der Waals surface area contributed by atoms with Gasteiger partial charge in [0.2, 0.25) is 0 Å². The maximum absolute atomic E-state index is 14.1. The third kappa shape index (κ3) is 4.71. The lowest BCUT2D eigenvalue weighted by molar-refractivity contribution is -0.120. The molecule has 1 aliphatic heterocycles. The molecular formula is C22H23FN2O4S.